The largest absolute Gasteiger partial charge is 0.451 e. The molecule has 0 spiro atoms. The molecule has 3 heterocycles. The molecule has 2 saturated heterocycles. The molecule has 0 radical (unpaired) electrons. The standard InChI is InChI=1S/C36H35ClFN3O5/c37-26-10-8-23(9-11-26)19-30(39-35(44)33-21-31(42)29-13-12-27(38)20-32(29)46-33)36(45)40-17-14-24(15-18-40)28-6-2-1-5-25(28)22-41-16-4-3-7-34(41)43/h1-2,5-6,8-13,20-21,24,30H,3-4,7,14-19,22H2,(H,39,44)/t30-/m0/s1. The van der Waals surface area contributed by atoms with Crippen molar-refractivity contribution >= 4 is 40.3 Å². The molecule has 238 valence electrons. The SMILES string of the molecule is O=C(N[C@@H](Cc1ccc(Cl)cc1)C(=O)N1CCC(c2ccccc2CN2CCCCC2=O)CC1)c1cc(=O)c2ccc(F)cc2o1. The third-order valence-electron chi connectivity index (χ3n) is 8.96. The maximum Gasteiger partial charge on any atom is 0.287 e. The second kappa shape index (κ2) is 13.9. The predicted molar refractivity (Wildman–Crippen MR) is 173 cm³/mol. The highest BCUT2D eigenvalue weighted by molar-refractivity contribution is 6.30. The van der Waals surface area contributed by atoms with E-state index in [9.17, 15) is 23.6 Å². The molecule has 3 aromatic carbocycles. The quantitative estimate of drug-likeness (QED) is 0.260. The number of halogens is 2. The van der Waals surface area contributed by atoms with E-state index in [1.165, 1.54) is 11.6 Å². The number of piperidine rings is 2. The Hall–Kier alpha value is -4.50. The summed E-state index contributed by atoms with van der Waals surface area (Å²) >= 11 is 6.07. The summed E-state index contributed by atoms with van der Waals surface area (Å²) in [5, 5.41) is 3.48. The summed E-state index contributed by atoms with van der Waals surface area (Å²) in [7, 11) is 0. The lowest BCUT2D eigenvalue weighted by molar-refractivity contribution is -0.135. The molecule has 0 unspecified atom stereocenters. The van der Waals surface area contributed by atoms with Crippen LogP contribution in [0.1, 0.15) is 65.3 Å². The number of carbonyl (C=O) groups excluding carboxylic acids is 3. The number of benzene rings is 3. The lowest BCUT2D eigenvalue weighted by Gasteiger charge is -2.36. The lowest BCUT2D eigenvalue weighted by atomic mass is 9.86. The Morgan fingerprint density at radius 3 is 2.48 bits per heavy atom. The number of likely N-dealkylation sites (tertiary alicyclic amines) is 2. The highest BCUT2D eigenvalue weighted by Gasteiger charge is 2.32. The molecular formula is C36H35ClFN3O5. The van der Waals surface area contributed by atoms with E-state index in [2.05, 4.69) is 17.4 Å². The second-order valence-corrected chi connectivity index (χ2v) is 12.5. The van der Waals surface area contributed by atoms with Crippen molar-refractivity contribution in [3.63, 3.8) is 0 Å². The Morgan fingerprint density at radius 1 is 0.957 bits per heavy atom. The predicted octanol–water partition coefficient (Wildman–Crippen LogP) is 5.85. The van der Waals surface area contributed by atoms with Crippen molar-refractivity contribution in [2.75, 3.05) is 19.6 Å². The van der Waals surface area contributed by atoms with Gasteiger partial charge in [0, 0.05) is 56.2 Å². The van der Waals surface area contributed by atoms with E-state index in [-0.39, 0.29) is 40.9 Å². The third-order valence-corrected chi connectivity index (χ3v) is 9.21. The van der Waals surface area contributed by atoms with Crippen LogP contribution in [0.5, 0.6) is 0 Å². The smallest absolute Gasteiger partial charge is 0.287 e. The summed E-state index contributed by atoms with van der Waals surface area (Å²) in [5.41, 5.74) is 2.61. The van der Waals surface area contributed by atoms with Gasteiger partial charge in [0.1, 0.15) is 17.4 Å². The molecular weight excluding hydrogens is 609 g/mol. The minimum atomic E-state index is -0.948. The Bertz CT molecular complexity index is 1820. The van der Waals surface area contributed by atoms with E-state index in [1.807, 2.05) is 17.0 Å². The van der Waals surface area contributed by atoms with Crippen LogP contribution in [0, 0.1) is 5.82 Å². The second-order valence-electron chi connectivity index (χ2n) is 12.0. The van der Waals surface area contributed by atoms with Crippen molar-refractivity contribution in [2.45, 2.75) is 57.0 Å². The maximum atomic E-state index is 14.0. The molecule has 2 aliphatic rings. The van der Waals surface area contributed by atoms with Crippen LogP contribution < -0.4 is 10.7 Å². The van der Waals surface area contributed by atoms with Gasteiger partial charge in [0.15, 0.2) is 11.2 Å². The number of hydrogen-bond acceptors (Lipinski definition) is 5. The van der Waals surface area contributed by atoms with E-state index in [0.717, 1.165) is 61.6 Å². The molecule has 1 atom stereocenters. The zero-order valence-electron chi connectivity index (χ0n) is 25.3. The van der Waals surface area contributed by atoms with Gasteiger partial charge in [-0.05, 0) is 72.6 Å². The number of carbonyl (C=O) groups is 3. The molecule has 6 rings (SSSR count). The molecule has 46 heavy (non-hydrogen) atoms. The van der Waals surface area contributed by atoms with Crippen molar-refractivity contribution in [3.8, 4) is 0 Å². The van der Waals surface area contributed by atoms with Gasteiger partial charge >= 0.3 is 0 Å². The Kier molecular flexibility index (Phi) is 9.49. The van der Waals surface area contributed by atoms with Crippen LogP contribution in [0.3, 0.4) is 0 Å². The van der Waals surface area contributed by atoms with E-state index in [1.54, 1.807) is 29.2 Å². The normalized spacial score (nSPS) is 16.4. The van der Waals surface area contributed by atoms with E-state index < -0.39 is 23.2 Å². The van der Waals surface area contributed by atoms with Gasteiger partial charge in [-0.2, -0.15) is 0 Å². The molecule has 10 heteroatoms. The highest BCUT2D eigenvalue weighted by Crippen LogP contribution is 2.32. The minimum absolute atomic E-state index is 0.0507. The number of nitrogens with zero attached hydrogens (tertiary/aromatic N) is 2. The molecule has 2 aliphatic heterocycles. The highest BCUT2D eigenvalue weighted by atomic mass is 35.5. The van der Waals surface area contributed by atoms with Crippen molar-refractivity contribution < 1.29 is 23.2 Å². The first-order valence-electron chi connectivity index (χ1n) is 15.7. The zero-order valence-corrected chi connectivity index (χ0v) is 26.1. The van der Waals surface area contributed by atoms with Gasteiger partial charge in [-0.1, -0.05) is 48.0 Å². The molecule has 3 amide bonds. The minimum Gasteiger partial charge on any atom is -0.451 e. The average molecular weight is 644 g/mol. The lowest BCUT2D eigenvalue weighted by Crippen LogP contribution is -2.51. The average Bonchev–Trinajstić information content (AvgIpc) is 3.06. The summed E-state index contributed by atoms with van der Waals surface area (Å²) in [6, 6.07) is 18.9. The molecule has 0 saturated carbocycles. The van der Waals surface area contributed by atoms with Gasteiger partial charge in [0.05, 0.1) is 5.39 Å². The Balaban J connectivity index is 1.18. The third kappa shape index (κ3) is 7.15. The number of rotatable bonds is 8. The molecule has 1 N–H and O–H groups in total. The number of hydrogen-bond donors (Lipinski definition) is 1. The topological polar surface area (TPSA) is 99.9 Å². The monoisotopic (exact) mass is 643 g/mol. The van der Waals surface area contributed by atoms with Crippen LogP contribution in [0.25, 0.3) is 11.0 Å². The van der Waals surface area contributed by atoms with Crippen LogP contribution in [0.15, 0.2) is 82.0 Å². The summed E-state index contributed by atoms with van der Waals surface area (Å²) < 4.78 is 19.4. The fraction of sp³-hybridized carbons (Fsp3) is 0.333. The first-order valence-corrected chi connectivity index (χ1v) is 16.1. The van der Waals surface area contributed by atoms with Crippen molar-refractivity contribution in [1.82, 2.24) is 15.1 Å². The molecule has 1 aromatic heterocycles. The van der Waals surface area contributed by atoms with Crippen LogP contribution in [0.4, 0.5) is 4.39 Å². The number of nitrogens with one attached hydrogen (secondary N) is 1. The molecule has 8 nitrogen and oxygen atoms in total. The van der Waals surface area contributed by atoms with E-state index >= 15 is 0 Å². The summed E-state index contributed by atoms with van der Waals surface area (Å²) in [6.07, 6.45) is 4.24. The van der Waals surface area contributed by atoms with Crippen molar-refractivity contribution in [2.24, 2.45) is 0 Å². The summed E-state index contributed by atoms with van der Waals surface area (Å²) in [4.78, 5) is 56.2. The van der Waals surface area contributed by atoms with Crippen LogP contribution >= 0.6 is 11.6 Å². The Labute approximate surface area is 271 Å². The van der Waals surface area contributed by atoms with Gasteiger partial charge in [-0.25, -0.2) is 4.39 Å². The van der Waals surface area contributed by atoms with E-state index in [0.29, 0.717) is 31.1 Å². The zero-order chi connectivity index (χ0) is 32.2. The van der Waals surface area contributed by atoms with Crippen molar-refractivity contribution in [1.29, 1.82) is 0 Å². The van der Waals surface area contributed by atoms with Gasteiger partial charge < -0.3 is 19.5 Å². The van der Waals surface area contributed by atoms with Gasteiger partial charge in [-0.3, -0.25) is 19.2 Å². The number of amides is 3. The molecule has 2 fully saturated rings. The van der Waals surface area contributed by atoms with Crippen LogP contribution in [0.2, 0.25) is 5.02 Å². The van der Waals surface area contributed by atoms with Gasteiger partial charge in [-0.15, -0.1) is 0 Å². The Morgan fingerprint density at radius 2 is 1.72 bits per heavy atom. The number of fused-ring (bicyclic) bond motifs is 1. The molecule has 4 aromatic rings. The van der Waals surface area contributed by atoms with Crippen LogP contribution in [-0.2, 0) is 22.6 Å². The summed E-state index contributed by atoms with van der Waals surface area (Å²) in [5.74, 6) is -1.47. The van der Waals surface area contributed by atoms with Crippen LogP contribution in [-0.4, -0.2) is 53.2 Å². The van der Waals surface area contributed by atoms with Crippen molar-refractivity contribution in [3.05, 3.63) is 116 Å². The summed E-state index contributed by atoms with van der Waals surface area (Å²) in [6.45, 7) is 2.37. The fourth-order valence-corrected chi connectivity index (χ4v) is 6.59. The fourth-order valence-electron chi connectivity index (χ4n) is 6.47. The first-order chi connectivity index (χ1) is 22.2. The van der Waals surface area contributed by atoms with E-state index in [4.69, 9.17) is 16.0 Å². The first kappa shape index (κ1) is 31.5. The maximum absolute atomic E-state index is 14.0. The molecule has 0 bridgehead atoms. The van der Waals surface area contributed by atoms with Gasteiger partial charge in [0.2, 0.25) is 11.8 Å². The van der Waals surface area contributed by atoms with Gasteiger partial charge in [0.25, 0.3) is 5.91 Å². The molecule has 0 aliphatic carbocycles.